The predicted octanol–water partition coefficient (Wildman–Crippen LogP) is 3.47. The summed E-state index contributed by atoms with van der Waals surface area (Å²) in [6.07, 6.45) is 0.708. The maximum absolute atomic E-state index is 12.6. The highest BCUT2D eigenvalue weighted by Crippen LogP contribution is 2.23. The number of furan rings is 1. The number of hydrogen-bond acceptors (Lipinski definition) is 4. The van der Waals surface area contributed by atoms with Crippen LogP contribution in [0.25, 0.3) is 0 Å². The van der Waals surface area contributed by atoms with E-state index < -0.39 is 0 Å². The van der Waals surface area contributed by atoms with Crippen molar-refractivity contribution in [1.82, 2.24) is 5.32 Å². The van der Waals surface area contributed by atoms with E-state index in [1.807, 2.05) is 6.92 Å². The molecular formula is C18H21BrN2O4. The number of nitrogens with zero attached hydrogens (tertiary/aromatic N) is 1. The number of carbonyl (C=O) groups excluding carboxylic acids is 2. The van der Waals surface area contributed by atoms with Crippen LogP contribution in [0.4, 0.5) is 5.69 Å². The Hall–Kier alpha value is -2.12. The van der Waals surface area contributed by atoms with Gasteiger partial charge in [-0.15, -0.1) is 0 Å². The number of benzene rings is 1. The minimum atomic E-state index is -0.335. The molecule has 2 rings (SSSR count). The number of hydrogen-bond donors (Lipinski definition) is 1. The molecule has 2 amide bonds. The average molecular weight is 409 g/mol. The highest BCUT2D eigenvalue weighted by molar-refractivity contribution is 9.10. The van der Waals surface area contributed by atoms with Crippen molar-refractivity contribution < 1.29 is 18.7 Å². The molecule has 0 aliphatic heterocycles. The van der Waals surface area contributed by atoms with E-state index in [1.165, 1.54) is 4.90 Å². The Kier molecular flexibility index (Phi) is 6.78. The number of ether oxygens (including phenoxy) is 1. The molecule has 0 radical (unpaired) electrons. The fraction of sp³-hybridized carbons (Fsp3) is 0.333. The van der Waals surface area contributed by atoms with E-state index in [-0.39, 0.29) is 23.6 Å². The first kappa shape index (κ1) is 19.2. The molecule has 0 aliphatic carbocycles. The first-order chi connectivity index (χ1) is 11.9. The summed E-state index contributed by atoms with van der Waals surface area (Å²) in [5, 5.41) is 2.92. The fourth-order valence-corrected chi connectivity index (χ4v) is 2.64. The van der Waals surface area contributed by atoms with E-state index in [0.717, 1.165) is 0 Å². The Morgan fingerprint density at radius 3 is 2.64 bits per heavy atom. The van der Waals surface area contributed by atoms with Crippen molar-refractivity contribution in [2.45, 2.75) is 19.4 Å². The van der Waals surface area contributed by atoms with E-state index >= 15 is 0 Å². The molecule has 6 nitrogen and oxygen atoms in total. The largest absolute Gasteiger partial charge is 0.444 e. The topological polar surface area (TPSA) is 71.8 Å². The Morgan fingerprint density at radius 2 is 2.00 bits per heavy atom. The third-order valence-electron chi connectivity index (χ3n) is 3.73. The third-order valence-corrected chi connectivity index (χ3v) is 4.16. The quantitative estimate of drug-likeness (QED) is 0.760. The Labute approximate surface area is 155 Å². The van der Waals surface area contributed by atoms with Crippen molar-refractivity contribution >= 4 is 33.4 Å². The van der Waals surface area contributed by atoms with Crippen LogP contribution < -0.4 is 10.2 Å². The molecule has 0 bridgehead atoms. The van der Waals surface area contributed by atoms with Gasteiger partial charge in [0.1, 0.15) is 0 Å². The molecule has 1 aromatic heterocycles. The number of anilines is 1. The molecule has 1 heterocycles. The first-order valence-electron chi connectivity index (χ1n) is 7.86. The van der Waals surface area contributed by atoms with Crippen LogP contribution >= 0.6 is 15.9 Å². The van der Waals surface area contributed by atoms with Crippen LogP contribution in [-0.4, -0.2) is 38.6 Å². The van der Waals surface area contributed by atoms with E-state index in [0.29, 0.717) is 28.9 Å². The molecule has 0 aliphatic rings. The lowest BCUT2D eigenvalue weighted by Crippen LogP contribution is -2.35. The van der Waals surface area contributed by atoms with Gasteiger partial charge < -0.3 is 19.4 Å². The zero-order chi connectivity index (χ0) is 18.4. The number of nitrogens with one attached hydrogen (secondary N) is 1. The summed E-state index contributed by atoms with van der Waals surface area (Å²) in [7, 11) is 3.23. The predicted molar refractivity (Wildman–Crippen MR) is 99.0 cm³/mol. The minimum Gasteiger partial charge on any atom is -0.444 e. The molecule has 7 heteroatoms. The maximum atomic E-state index is 12.6. The van der Waals surface area contributed by atoms with Crippen molar-refractivity contribution in [2.75, 3.05) is 25.7 Å². The van der Waals surface area contributed by atoms with Crippen LogP contribution in [-0.2, 0) is 4.74 Å². The minimum absolute atomic E-state index is 0.0393. The lowest BCUT2D eigenvalue weighted by atomic mass is 10.1. The van der Waals surface area contributed by atoms with Gasteiger partial charge in [0, 0.05) is 26.8 Å². The zero-order valence-corrected chi connectivity index (χ0v) is 16.0. The second-order valence-corrected chi connectivity index (χ2v) is 6.42. The number of methoxy groups -OCH3 is 1. The smallest absolute Gasteiger partial charge is 0.293 e. The lowest BCUT2D eigenvalue weighted by molar-refractivity contribution is 0.0930. The van der Waals surface area contributed by atoms with Gasteiger partial charge in [-0.1, -0.05) is 12.1 Å². The summed E-state index contributed by atoms with van der Waals surface area (Å²) in [4.78, 5) is 26.5. The van der Waals surface area contributed by atoms with Crippen molar-refractivity contribution in [1.29, 1.82) is 0 Å². The molecule has 2 aromatic rings. The molecule has 1 aromatic carbocycles. The van der Waals surface area contributed by atoms with Crippen LogP contribution in [0.2, 0.25) is 0 Å². The van der Waals surface area contributed by atoms with Gasteiger partial charge in [-0.2, -0.15) is 0 Å². The van der Waals surface area contributed by atoms with Crippen molar-refractivity contribution in [3.63, 3.8) is 0 Å². The number of amides is 2. The normalized spacial score (nSPS) is 11.8. The molecule has 0 saturated heterocycles. The number of carbonyl (C=O) groups is 2. The summed E-state index contributed by atoms with van der Waals surface area (Å²) in [5.41, 5.74) is 0.935. The van der Waals surface area contributed by atoms with Gasteiger partial charge in [-0.3, -0.25) is 9.59 Å². The second kappa shape index (κ2) is 8.82. The van der Waals surface area contributed by atoms with Gasteiger partial charge in [-0.05, 0) is 53.5 Å². The average Bonchev–Trinajstić information content (AvgIpc) is 3.05. The zero-order valence-electron chi connectivity index (χ0n) is 14.4. The molecule has 25 heavy (non-hydrogen) atoms. The summed E-state index contributed by atoms with van der Waals surface area (Å²) in [6, 6.07) is 10.2. The molecule has 1 N–H and O–H groups in total. The van der Waals surface area contributed by atoms with Crippen LogP contribution in [0.15, 0.2) is 45.5 Å². The SMILES string of the molecule is COCCC(C)NC(=O)c1ccccc1N(C)C(=O)c1ccc(Br)o1. The van der Waals surface area contributed by atoms with Gasteiger partial charge in [-0.25, -0.2) is 0 Å². The van der Waals surface area contributed by atoms with Gasteiger partial charge in [0.25, 0.3) is 11.8 Å². The molecule has 0 fully saturated rings. The Bertz CT molecular complexity index is 744. The van der Waals surface area contributed by atoms with Crippen molar-refractivity contribution in [2.24, 2.45) is 0 Å². The van der Waals surface area contributed by atoms with Crippen molar-refractivity contribution in [3.8, 4) is 0 Å². The summed E-state index contributed by atoms with van der Waals surface area (Å²) in [6.45, 7) is 2.48. The van der Waals surface area contributed by atoms with E-state index in [4.69, 9.17) is 9.15 Å². The maximum Gasteiger partial charge on any atom is 0.293 e. The van der Waals surface area contributed by atoms with Gasteiger partial charge in [0.05, 0.1) is 11.3 Å². The summed E-state index contributed by atoms with van der Waals surface area (Å²) < 4.78 is 10.8. The standard InChI is InChI=1S/C18H21BrN2O4/c1-12(10-11-24-3)20-17(22)13-6-4-5-7-14(13)21(2)18(23)15-8-9-16(19)25-15/h4-9,12H,10-11H2,1-3H3,(H,20,22). The monoisotopic (exact) mass is 408 g/mol. The highest BCUT2D eigenvalue weighted by atomic mass is 79.9. The summed E-state index contributed by atoms with van der Waals surface area (Å²) in [5.74, 6) is -0.379. The number of rotatable bonds is 7. The molecule has 1 atom stereocenters. The molecule has 134 valence electrons. The Balaban J connectivity index is 2.19. The molecule has 0 spiro atoms. The van der Waals surface area contributed by atoms with Gasteiger partial charge in [0.15, 0.2) is 10.4 Å². The molecular weight excluding hydrogens is 388 g/mol. The molecule has 0 saturated carbocycles. The van der Waals surface area contributed by atoms with Crippen LogP contribution in [0.1, 0.15) is 34.3 Å². The van der Waals surface area contributed by atoms with Crippen LogP contribution in [0.3, 0.4) is 0 Å². The fourth-order valence-electron chi connectivity index (χ4n) is 2.33. The Morgan fingerprint density at radius 1 is 1.28 bits per heavy atom. The number of halogens is 1. The molecule has 1 unspecified atom stereocenters. The van der Waals surface area contributed by atoms with Crippen LogP contribution in [0.5, 0.6) is 0 Å². The van der Waals surface area contributed by atoms with E-state index in [1.54, 1.807) is 50.6 Å². The third kappa shape index (κ3) is 4.93. The second-order valence-electron chi connectivity index (χ2n) is 5.64. The van der Waals surface area contributed by atoms with E-state index in [2.05, 4.69) is 21.2 Å². The van der Waals surface area contributed by atoms with Crippen molar-refractivity contribution in [3.05, 3.63) is 52.4 Å². The van der Waals surface area contributed by atoms with Crippen LogP contribution in [0, 0.1) is 0 Å². The highest BCUT2D eigenvalue weighted by Gasteiger charge is 2.22. The van der Waals surface area contributed by atoms with E-state index in [9.17, 15) is 9.59 Å². The first-order valence-corrected chi connectivity index (χ1v) is 8.65. The van der Waals surface area contributed by atoms with Gasteiger partial charge >= 0.3 is 0 Å². The van der Waals surface area contributed by atoms with Gasteiger partial charge in [0.2, 0.25) is 0 Å². The summed E-state index contributed by atoms with van der Waals surface area (Å²) >= 11 is 3.18. The number of para-hydroxylation sites is 1. The lowest BCUT2D eigenvalue weighted by Gasteiger charge is -2.20.